The fourth-order valence-electron chi connectivity index (χ4n) is 6.44. The lowest BCUT2D eigenvalue weighted by atomic mass is 9.93. The zero-order valence-corrected chi connectivity index (χ0v) is 21.8. The molecule has 2 aromatic rings. The molecule has 1 unspecified atom stereocenters. The number of benzene rings is 1. The molecule has 194 valence electrons. The van der Waals surface area contributed by atoms with Crippen LogP contribution in [0.25, 0.3) is 10.8 Å². The predicted molar refractivity (Wildman–Crippen MR) is 140 cm³/mol. The number of fused-ring (bicyclic) bond motifs is 1. The van der Waals surface area contributed by atoms with Crippen molar-refractivity contribution in [2.24, 2.45) is 11.3 Å². The second-order valence-electron chi connectivity index (χ2n) is 11.3. The van der Waals surface area contributed by atoms with E-state index < -0.39 is 6.10 Å². The van der Waals surface area contributed by atoms with E-state index in [1.165, 1.54) is 0 Å². The molecule has 36 heavy (non-hydrogen) atoms. The Kier molecular flexibility index (Phi) is 6.16. The number of amides is 1. The highest BCUT2D eigenvalue weighted by molar-refractivity contribution is 6.34. The molecule has 0 radical (unpaired) electrons. The molecule has 0 bridgehead atoms. The molecule has 4 fully saturated rings. The molecular weight excluding hydrogens is 480 g/mol. The van der Waals surface area contributed by atoms with Crippen molar-refractivity contribution in [3.05, 3.63) is 29.4 Å². The summed E-state index contributed by atoms with van der Waals surface area (Å²) in [5, 5.41) is 16.2. The summed E-state index contributed by atoms with van der Waals surface area (Å²) in [5.74, 6) is 0.701. The number of hydrogen-bond acceptors (Lipinski definition) is 7. The predicted octanol–water partition coefficient (Wildman–Crippen LogP) is 3.30. The molecule has 6 rings (SSSR count). The number of aliphatic hydroxyl groups excluding tert-OH is 1. The van der Waals surface area contributed by atoms with Gasteiger partial charge < -0.3 is 24.8 Å². The number of halogens is 1. The Hall–Kier alpha value is -1.97. The van der Waals surface area contributed by atoms with Crippen LogP contribution in [0.1, 0.15) is 33.1 Å². The molecule has 4 aliphatic rings. The number of carbonyl (C=O) groups is 1. The molecule has 1 saturated carbocycles. The molecule has 1 spiro atoms. The second-order valence-corrected chi connectivity index (χ2v) is 11.7. The first-order chi connectivity index (χ1) is 17.3. The standard InChI is InChI=1S/C27H35ClN4O4/c1-17-14-31(26(2)16-36-15-23(26)33)5-6-32(17)22-10-18-11-24(29-13-19(18)9-21(22)28)30-25(34)20-12-27(20)3-7-35-8-4-27/h9-11,13,17,20,23,33H,3-8,12,14-16H2,1-2H3,(H,29,30,34)/t17-,20?,23+,26-/m0/s1. The highest BCUT2D eigenvalue weighted by atomic mass is 35.5. The second kappa shape index (κ2) is 9.10. The van der Waals surface area contributed by atoms with Gasteiger partial charge in [-0.15, -0.1) is 0 Å². The van der Waals surface area contributed by atoms with E-state index in [4.69, 9.17) is 21.1 Å². The van der Waals surface area contributed by atoms with Crippen LogP contribution in [-0.2, 0) is 14.3 Å². The van der Waals surface area contributed by atoms with Gasteiger partial charge in [-0.2, -0.15) is 0 Å². The molecule has 9 heteroatoms. The largest absolute Gasteiger partial charge is 0.389 e. The van der Waals surface area contributed by atoms with Crippen molar-refractivity contribution in [1.29, 1.82) is 0 Å². The summed E-state index contributed by atoms with van der Waals surface area (Å²) in [5.41, 5.74) is 0.768. The minimum Gasteiger partial charge on any atom is -0.389 e. The zero-order chi connectivity index (χ0) is 25.1. The summed E-state index contributed by atoms with van der Waals surface area (Å²) in [6.07, 6.45) is 4.19. The molecule has 1 aromatic carbocycles. The van der Waals surface area contributed by atoms with Gasteiger partial charge in [-0.1, -0.05) is 11.6 Å². The van der Waals surface area contributed by atoms with Gasteiger partial charge in [-0.25, -0.2) is 4.98 Å². The lowest BCUT2D eigenvalue weighted by Gasteiger charge is -2.48. The van der Waals surface area contributed by atoms with Crippen molar-refractivity contribution in [1.82, 2.24) is 9.88 Å². The summed E-state index contributed by atoms with van der Waals surface area (Å²) < 4.78 is 11.0. The van der Waals surface area contributed by atoms with Crippen LogP contribution >= 0.6 is 11.6 Å². The molecular formula is C27H35ClN4O4. The van der Waals surface area contributed by atoms with Crippen LogP contribution in [0.5, 0.6) is 0 Å². The van der Waals surface area contributed by atoms with Crippen LogP contribution in [0.3, 0.4) is 0 Å². The third-order valence-electron chi connectivity index (χ3n) is 9.08. The lowest BCUT2D eigenvalue weighted by Crippen LogP contribution is -2.63. The van der Waals surface area contributed by atoms with Gasteiger partial charge in [0.2, 0.25) is 5.91 Å². The Morgan fingerprint density at radius 1 is 1.19 bits per heavy atom. The summed E-state index contributed by atoms with van der Waals surface area (Å²) in [6, 6.07) is 6.22. The average molecular weight is 515 g/mol. The van der Waals surface area contributed by atoms with E-state index in [1.54, 1.807) is 6.20 Å². The van der Waals surface area contributed by atoms with E-state index in [0.29, 0.717) is 24.1 Å². The van der Waals surface area contributed by atoms with E-state index in [2.05, 4.69) is 40.0 Å². The number of carbonyl (C=O) groups excluding carboxylic acids is 1. The fourth-order valence-corrected chi connectivity index (χ4v) is 6.72. The van der Waals surface area contributed by atoms with Crippen LogP contribution in [0, 0.1) is 11.3 Å². The first-order valence-corrected chi connectivity index (χ1v) is 13.4. The first kappa shape index (κ1) is 24.4. The molecule has 1 amide bonds. The SMILES string of the molecule is C[C@H]1CN([C@@]2(C)COC[C@H]2O)CCN1c1cc2cc(NC(=O)C3CC34CCOCC4)ncc2cc1Cl. The molecule has 8 nitrogen and oxygen atoms in total. The Morgan fingerprint density at radius 2 is 2.00 bits per heavy atom. The lowest BCUT2D eigenvalue weighted by molar-refractivity contribution is -0.118. The fraction of sp³-hybridized carbons (Fsp3) is 0.630. The Bertz CT molecular complexity index is 1170. The maximum atomic E-state index is 12.9. The molecule has 1 aromatic heterocycles. The van der Waals surface area contributed by atoms with Gasteiger partial charge in [0.25, 0.3) is 0 Å². The molecule has 4 heterocycles. The molecule has 3 aliphatic heterocycles. The highest BCUT2D eigenvalue weighted by Gasteiger charge is 2.58. The smallest absolute Gasteiger partial charge is 0.229 e. The topological polar surface area (TPSA) is 87.2 Å². The van der Waals surface area contributed by atoms with Crippen molar-refractivity contribution >= 4 is 39.8 Å². The van der Waals surface area contributed by atoms with E-state index in [1.807, 2.05) is 12.1 Å². The third kappa shape index (κ3) is 4.17. The number of anilines is 2. The number of rotatable bonds is 4. The summed E-state index contributed by atoms with van der Waals surface area (Å²) in [7, 11) is 0. The van der Waals surface area contributed by atoms with Gasteiger partial charge >= 0.3 is 0 Å². The van der Waals surface area contributed by atoms with Crippen LogP contribution in [0.2, 0.25) is 5.02 Å². The summed E-state index contributed by atoms with van der Waals surface area (Å²) >= 11 is 6.75. The van der Waals surface area contributed by atoms with Crippen molar-refractivity contribution in [3.63, 3.8) is 0 Å². The van der Waals surface area contributed by atoms with Crippen molar-refractivity contribution in [2.45, 2.75) is 50.8 Å². The average Bonchev–Trinajstić information content (AvgIpc) is 3.44. The van der Waals surface area contributed by atoms with Crippen molar-refractivity contribution in [2.75, 3.05) is 56.3 Å². The molecule has 2 N–H and O–H groups in total. The van der Waals surface area contributed by atoms with Crippen LogP contribution < -0.4 is 10.2 Å². The monoisotopic (exact) mass is 514 g/mol. The first-order valence-electron chi connectivity index (χ1n) is 13.0. The van der Waals surface area contributed by atoms with E-state index in [9.17, 15) is 9.90 Å². The highest BCUT2D eigenvalue weighted by Crippen LogP contribution is 2.59. The van der Waals surface area contributed by atoms with E-state index in [0.717, 1.165) is 68.6 Å². The maximum Gasteiger partial charge on any atom is 0.229 e. The van der Waals surface area contributed by atoms with Gasteiger partial charge in [0.05, 0.1) is 35.6 Å². The number of aromatic nitrogens is 1. The molecule has 1 aliphatic carbocycles. The van der Waals surface area contributed by atoms with E-state index in [-0.39, 0.29) is 28.8 Å². The number of piperazine rings is 1. The molecule has 4 atom stereocenters. The zero-order valence-electron chi connectivity index (χ0n) is 21.0. The number of aliphatic hydroxyl groups is 1. The Balaban J connectivity index is 1.18. The van der Waals surface area contributed by atoms with Crippen molar-refractivity contribution < 1.29 is 19.4 Å². The number of nitrogens with zero attached hydrogens (tertiary/aromatic N) is 3. The van der Waals surface area contributed by atoms with Gasteiger partial charge in [-0.05, 0) is 62.1 Å². The summed E-state index contributed by atoms with van der Waals surface area (Å²) in [4.78, 5) is 22.1. The van der Waals surface area contributed by atoms with Gasteiger partial charge in [0.1, 0.15) is 5.82 Å². The Labute approximate surface area is 216 Å². The van der Waals surface area contributed by atoms with Crippen molar-refractivity contribution in [3.8, 4) is 0 Å². The van der Waals surface area contributed by atoms with E-state index >= 15 is 0 Å². The minimum absolute atomic E-state index is 0.0578. The quantitative estimate of drug-likeness (QED) is 0.647. The van der Waals surface area contributed by atoms with Crippen LogP contribution in [0.4, 0.5) is 11.5 Å². The third-order valence-corrected chi connectivity index (χ3v) is 9.38. The van der Waals surface area contributed by atoms with Crippen LogP contribution in [-0.4, -0.2) is 84.6 Å². The normalized spacial score (nSPS) is 32.2. The van der Waals surface area contributed by atoms with Gasteiger partial charge in [0.15, 0.2) is 0 Å². The van der Waals surface area contributed by atoms with Gasteiger partial charge in [-0.3, -0.25) is 9.69 Å². The number of nitrogens with one attached hydrogen (secondary N) is 1. The van der Waals surface area contributed by atoms with Crippen LogP contribution in [0.15, 0.2) is 24.4 Å². The number of hydrogen-bond donors (Lipinski definition) is 2. The molecule has 3 saturated heterocycles. The number of ether oxygens (including phenoxy) is 2. The summed E-state index contributed by atoms with van der Waals surface area (Å²) in [6.45, 7) is 9.17. The minimum atomic E-state index is -0.474. The Morgan fingerprint density at radius 3 is 2.72 bits per heavy atom. The van der Waals surface area contributed by atoms with Gasteiger partial charge in [0, 0.05) is 56.4 Å². The maximum absolute atomic E-state index is 12.9. The number of pyridine rings is 1.